The van der Waals surface area contributed by atoms with Crippen molar-refractivity contribution in [2.45, 2.75) is 46.6 Å². The molecule has 4 nitrogen and oxygen atoms in total. The number of hydrogen-bond acceptors (Lipinski definition) is 3. The van der Waals surface area contributed by atoms with Crippen LogP contribution in [0.5, 0.6) is 0 Å². The molecule has 4 heteroatoms. The predicted octanol–water partition coefficient (Wildman–Crippen LogP) is 3.59. The number of hydrogen-bond donors (Lipinski definition) is 2. The van der Waals surface area contributed by atoms with Gasteiger partial charge in [-0.25, -0.2) is 4.79 Å². The van der Waals surface area contributed by atoms with Crippen LogP contribution >= 0.6 is 0 Å². The van der Waals surface area contributed by atoms with Crippen LogP contribution in [0.15, 0.2) is 24.3 Å². The fourth-order valence-electron chi connectivity index (χ4n) is 1.78. The maximum absolute atomic E-state index is 11.8. The summed E-state index contributed by atoms with van der Waals surface area (Å²) in [4.78, 5) is 11.8. The molecule has 0 atom stereocenters. The molecule has 0 bridgehead atoms. The fraction of sp³-hybridized carbons (Fsp3) is 0.562. The lowest BCUT2D eigenvalue weighted by atomic mass is 9.86. The molecule has 0 heterocycles. The monoisotopic (exact) mass is 279 g/mol. The smallest absolute Gasteiger partial charge is 0.412 e. The van der Waals surface area contributed by atoms with Crippen LogP contribution in [0.25, 0.3) is 0 Å². The number of aliphatic hydroxyl groups is 1. The van der Waals surface area contributed by atoms with Crippen LogP contribution in [-0.2, 0) is 11.2 Å². The first-order valence-corrected chi connectivity index (χ1v) is 6.82. The summed E-state index contributed by atoms with van der Waals surface area (Å²) >= 11 is 0. The van der Waals surface area contributed by atoms with Gasteiger partial charge >= 0.3 is 6.09 Å². The molecule has 1 amide bonds. The van der Waals surface area contributed by atoms with E-state index in [9.17, 15) is 9.90 Å². The largest absolute Gasteiger partial charge is 0.444 e. The fourth-order valence-corrected chi connectivity index (χ4v) is 1.78. The second-order valence-electron chi connectivity index (χ2n) is 6.78. The van der Waals surface area contributed by atoms with Crippen LogP contribution in [0.4, 0.5) is 10.5 Å². The Hall–Kier alpha value is -1.55. The molecule has 0 aliphatic rings. The molecular formula is C16H25NO3. The Labute approximate surface area is 121 Å². The van der Waals surface area contributed by atoms with E-state index >= 15 is 0 Å². The third-order valence-electron chi connectivity index (χ3n) is 2.75. The van der Waals surface area contributed by atoms with Gasteiger partial charge in [-0.05, 0) is 44.2 Å². The number of aliphatic hydroxyl groups excluding tert-OH is 1. The Bertz CT molecular complexity index is 461. The number of benzene rings is 1. The summed E-state index contributed by atoms with van der Waals surface area (Å²) in [6.07, 6.45) is 0.210. The van der Waals surface area contributed by atoms with Gasteiger partial charge in [-0.3, -0.25) is 5.32 Å². The van der Waals surface area contributed by atoms with Crippen molar-refractivity contribution in [2.75, 3.05) is 11.9 Å². The maximum atomic E-state index is 11.8. The molecule has 0 saturated carbocycles. The number of nitrogens with one attached hydrogen (secondary N) is 1. The molecular weight excluding hydrogens is 254 g/mol. The lowest BCUT2D eigenvalue weighted by molar-refractivity contribution is 0.0635. The van der Waals surface area contributed by atoms with E-state index in [0.717, 1.165) is 11.3 Å². The van der Waals surface area contributed by atoms with Gasteiger partial charge in [-0.1, -0.05) is 32.0 Å². The van der Waals surface area contributed by atoms with Gasteiger partial charge in [-0.15, -0.1) is 0 Å². The molecule has 0 saturated heterocycles. The number of amides is 1. The van der Waals surface area contributed by atoms with Crippen molar-refractivity contribution in [2.24, 2.45) is 5.41 Å². The SMILES string of the molecule is CC(C)(CO)Cc1ccccc1NC(=O)OC(C)(C)C. The quantitative estimate of drug-likeness (QED) is 0.885. The second kappa shape index (κ2) is 6.27. The van der Waals surface area contributed by atoms with Gasteiger partial charge in [0, 0.05) is 12.3 Å². The number of carbonyl (C=O) groups is 1. The van der Waals surface area contributed by atoms with Crippen LogP contribution in [0, 0.1) is 5.41 Å². The molecule has 2 N–H and O–H groups in total. The molecule has 0 aliphatic carbocycles. The molecule has 0 spiro atoms. The minimum atomic E-state index is -0.524. The molecule has 1 aromatic rings. The summed E-state index contributed by atoms with van der Waals surface area (Å²) in [6, 6.07) is 7.57. The number of carbonyl (C=O) groups excluding carboxylic acids is 1. The molecule has 1 rings (SSSR count). The van der Waals surface area contributed by atoms with Gasteiger partial charge in [-0.2, -0.15) is 0 Å². The van der Waals surface area contributed by atoms with E-state index in [1.54, 1.807) is 0 Å². The van der Waals surface area contributed by atoms with Gasteiger partial charge in [0.1, 0.15) is 5.60 Å². The van der Waals surface area contributed by atoms with Gasteiger partial charge in [0.25, 0.3) is 0 Å². The van der Waals surface area contributed by atoms with Crippen LogP contribution in [-0.4, -0.2) is 23.4 Å². The Kier molecular flexibility index (Phi) is 5.17. The first kappa shape index (κ1) is 16.5. The van der Waals surface area contributed by atoms with Crippen molar-refractivity contribution < 1.29 is 14.6 Å². The number of para-hydroxylation sites is 1. The highest BCUT2D eigenvalue weighted by atomic mass is 16.6. The predicted molar refractivity (Wildman–Crippen MR) is 80.9 cm³/mol. The van der Waals surface area contributed by atoms with Crippen molar-refractivity contribution >= 4 is 11.8 Å². The third-order valence-corrected chi connectivity index (χ3v) is 2.75. The van der Waals surface area contributed by atoms with Gasteiger partial charge in [0.2, 0.25) is 0 Å². The van der Waals surface area contributed by atoms with E-state index in [4.69, 9.17) is 4.74 Å². The number of ether oxygens (including phenoxy) is 1. The van der Waals surface area contributed by atoms with E-state index in [1.165, 1.54) is 0 Å². The standard InChI is InChI=1S/C16H25NO3/c1-15(2,3)20-14(19)17-13-9-7-6-8-12(13)10-16(4,5)11-18/h6-9,18H,10-11H2,1-5H3,(H,17,19). The first-order chi connectivity index (χ1) is 9.13. The first-order valence-electron chi connectivity index (χ1n) is 6.82. The molecule has 0 aromatic heterocycles. The van der Waals surface area contributed by atoms with Crippen molar-refractivity contribution in [3.05, 3.63) is 29.8 Å². The Balaban J connectivity index is 2.83. The van der Waals surface area contributed by atoms with Crippen LogP contribution in [0.2, 0.25) is 0 Å². The van der Waals surface area contributed by atoms with Crippen LogP contribution in [0.3, 0.4) is 0 Å². The van der Waals surface area contributed by atoms with Crippen LogP contribution in [0.1, 0.15) is 40.2 Å². The molecule has 0 aliphatic heterocycles. The number of anilines is 1. The third kappa shape index (κ3) is 5.61. The highest BCUT2D eigenvalue weighted by Crippen LogP contribution is 2.26. The Morgan fingerprint density at radius 2 is 1.80 bits per heavy atom. The van der Waals surface area contributed by atoms with Gasteiger partial charge in [0.15, 0.2) is 0 Å². The topological polar surface area (TPSA) is 58.6 Å². The van der Waals surface area contributed by atoms with Crippen LogP contribution < -0.4 is 5.32 Å². The maximum Gasteiger partial charge on any atom is 0.412 e. The summed E-state index contributed by atoms with van der Waals surface area (Å²) in [5.74, 6) is 0. The zero-order valence-corrected chi connectivity index (χ0v) is 13.0. The summed E-state index contributed by atoms with van der Waals surface area (Å²) in [7, 11) is 0. The zero-order chi connectivity index (χ0) is 15.4. The average molecular weight is 279 g/mol. The average Bonchev–Trinajstić information content (AvgIpc) is 2.29. The summed E-state index contributed by atoms with van der Waals surface area (Å²) < 4.78 is 5.25. The van der Waals surface area contributed by atoms with Gasteiger partial charge < -0.3 is 9.84 Å². The second-order valence-corrected chi connectivity index (χ2v) is 6.78. The highest BCUT2D eigenvalue weighted by Gasteiger charge is 2.21. The lowest BCUT2D eigenvalue weighted by Crippen LogP contribution is -2.28. The molecule has 1 aromatic carbocycles. The summed E-state index contributed by atoms with van der Waals surface area (Å²) in [5, 5.41) is 12.1. The van der Waals surface area contributed by atoms with E-state index in [2.05, 4.69) is 5.32 Å². The summed E-state index contributed by atoms with van der Waals surface area (Å²) in [6.45, 7) is 9.54. The lowest BCUT2D eigenvalue weighted by Gasteiger charge is -2.24. The highest BCUT2D eigenvalue weighted by molar-refractivity contribution is 5.85. The minimum Gasteiger partial charge on any atom is -0.444 e. The molecule has 0 unspecified atom stereocenters. The minimum absolute atomic E-state index is 0.0910. The molecule has 20 heavy (non-hydrogen) atoms. The molecule has 0 fully saturated rings. The van der Waals surface area contributed by atoms with Crippen molar-refractivity contribution in [3.63, 3.8) is 0 Å². The van der Waals surface area contributed by atoms with E-state index in [0.29, 0.717) is 6.42 Å². The van der Waals surface area contributed by atoms with E-state index in [-0.39, 0.29) is 12.0 Å². The van der Waals surface area contributed by atoms with Gasteiger partial charge in [0.05, 0.1) is 0 Å². The van der Waals surface area contributed by atoms with E-state index < -0.39 is 11.7 Å². The Morgan fingerprint density at radius 1 is 1.20 bits per heavy atom. The van der Waals surface area contributed by atoms with Crippen molar-refractivity contribution in [1.29, 1.82) is 0 Å². The van der Waals surface area contributed by atoms with Crippen molar-refractivity contribution in [1.82, 2.24) is 0 Å². The number of rotatable bonds is 4. The summed E-state index contributed by atoms with van der Waals surface area (Å²) in [5.41, 5.74) is 0.954. The van der Waals surface area contributed by atoms with E-state index in [1.807, 2.05) is 58.9 Å². The Morgan fingerprint density at radius 3 is 2.35 bits per heavy atom. The normalized spacial score (nSPS) is 12.1. The zero-order valence-electron chi connectivity index (χ0n) is 13.0. The molecule has 112 valence electrons. The molecule has 0 radical (unpaired) electrons. The van der Waals surface area contributed by atoms with Crippen molar-refractivity contribution in [3.8, 4) is 0 Å².